The van der Waals surface area contributed by atoms with Gasteiger partial charge in [-0.15, -0.1) is 0 Å². The van der Waals surface area contributed by atoms with Crippen molar-refractivity contribution in [2.45, 2.75) is 12.5 Å². The van der Waals surface area contributed by atoms with Crippen LogP contribution in [0.25, 0.3) is 0 Å². The molecule has 0 N–H and O–H groups in total. The maximum absolute atomic E-state index is 12.0. The predicted octanol–water partition coefficient (Wildman–Crippen LogP) is 2.93. The third-order valence-electron chi connectivity index (χ3n) is 3.25. The van der Waals surface area contributed by atoms with Crippen LogP contribution in [0.3, 0.4) is 0 Å². The lowest BCUT2D eigenvalue weighted by atomic mass is 10.1. The third kappa shape index (κ3) is 3.85. The number of benzene rings is 1. The first kappa shape index (κ1) is 15.6. The summed E-state index contributed by atoms with van der Waals surface area (Å²) >= 11 is 11.9. The summed E-state index contributed by atoms with van der Waals surface area (Å²) in [5.74, 6) is 0.0835. The number of ether oxygens (including phenoxy) is 2. The molecule has 6 heteroatoms. The van der Waals surface area contributed by atoms with Gasteiger partial charge in [0.15, 0.2) is 0 Å². The minimum absolute atomic E-state index is 0.0835. The van der Waals surface area contributed by atoms with Crippen molar-refractivity contribution in [1.29, 1.82) is 0 Å². The normalized spacial score (nSPS) is 19.1. The molecule has 0 radical (unpaired) electrons. The summed E-state index contributed by atoms with van der Waals surface area (Å²) in [6.07, 6.45) is 0.231. The SMILES string of the molecule is COCCC(=O)N1CCOC(c2ccc(Cl)c(Cl)c2)C1. The molecule has 1 amide bonds. The number of morpholine rings is 1. The molecular formula is C14H17Cl2NO3. The summed E-state index contributed by atoms with van der Waals surface area (Å²) in [6, 6.07) is 5.41. The highest BCUT2D eigenvalue weighted by Gasteiger charge is 2.25. The van der Waals surface area contributed by atoms with Crippen LogP contribution in [0, 0.1) is 0 Å². The van der Waals surface area contributed by atoms with Gasteiger partial charge < -0.3 is 14.4 Å². The van der Waals surface area contributed by atoms with Crippen molar-refractivity contribution in [2.75, 3.05) is 33.4 Å². The standard InChI is InChI=1S/C14H17Cl2NO3/c1-19-6-4-14(18)17-5-7-20-13(9-17)10-2-3-11(15)12(16)8-10/h2-3,8,13H,4-7,9H2,1H3. The van der Waals surface area contributed by atoms with E-state index >= 15 is 0 Å². The van der Waals surface area contributed by atoms with E-state index in [1.54, 1.807) is 24.1 Å². The van der Waals surface area contributed by atoms with Gasteiger partial charge in [-0.05, 0) is 17.7 Å². The number of hydrogen-bond acceptors (Lipinski definition) is 3. The van der Waals surface area contributed by atoms with E-state index in [1.165, 1.54) is 0 Å². The van der Waals surface area contributed by atoms with E-state index in [0.717, 1.165) is 5.56 Å². The quantitative estimate of drug-likeness (QED) is 0.857. The molecule has 0 aliphatic carbocycles. The van der Waals surface area contributed by atoms with E-state index in [4.69, 9.17) is 32.7 Å². The molecule has 1 atom stereocenters. The fourth-order valence-electron chi connectivity index (χ4n) is 2.14. The zero-order chi connectivity index (χ0) is 14.5. The summed E-state index contributed by atoms with van der Waals surface area (Å²) in [4.78, 5) is 13.8. The highest BCUT2D eigenvalue weighted by Crippen LogP contribution is 2.29. The third-order valence-corrected chi connectivity index (χ3v) is 3.99. The van der Waals surface area contributed by atoms with Gasteiger partial charge in [0.05, 0.1) is 36.2 Å². The summed E-state index contributed by atoms with van der Waals surface area (Å²) in [6.45, 7) is 2.10. The second-order valence-electron chi connectivity index (χ2n) is 4.62. The van der Waals surface area contributed by atoms with Gasteiger partial charge in [-0.25, -0.2) is 0 Å². The molecule has 4 nitrogen and oxygen atoms in total. The van der Waals surface area contributed by atoms with Crippen molar-refractivity contribution >= 4 is 29.1 Å². The first-order valence-electron chi connectivity index (χ1n) is 6.45. The molecule has 0 aromatic heterocycles. The largest absolute Gasteiger partial charge is 0.384 e. The number of nitrogens with zero attached hydrogens (tertiary/aromatic N) is 1. The Balaban J connectivity index is 2.02. The molecule has 1 fully saturated rings. The van der Waals surface area contributed by atoms with Gasteiger partial charge in [0.2, 0.25) is 5.91 Å². The topological polar surface area (TPSA) is 38.8 Å². The van der Waals surface area contributed by atoms with E-state index in [1.807, 2.05) is 6.07 Å². The molecule has 1 heterocycles. The second kappa shape index (κ2) is 7.27. The lowest BCUT2D eigenvalue weighted by Crippen LogP contribution is -2.42. The van der Waals surface area contributed by atoms with Crippen LogP contribution in [-0.2, 0) is 14.3 Å². The van der Waals surface area contributed by atoms with Crippen LogP contribution < -0.4 is 0 Å². The minimum atomic E-state index is -0.162. The second-order valence-corrected chi connectivity index (χ2v) is 5.43. The zero-order valence-corrected chi connectivity index (χ0v) is 12.8. The Labute approximate surface area is 128 Å². The molecule has 1 aromatic rings. The first-order chi connectivity index (χ1) is 9.61. The van der Waals surface area contributed by atoms with Crippen molar-refractivity contribution < 1.29 is 14.3 Å². The van der Waals surface area contributed by atoms with E-state index in [-0.39, 0.29) is 12.0 Å². The van der Waals surface area contributed by atoms with E-state index < -0.39 is 0 Å². The van der Waals surface area contributed by atoms with Crippen molar-refractivity contribution in [3.8, 4) is 0 Å². The van der Waals surface area contributed by atoms with Crippen molar-refractivity contribution in [3.63, 3.8) is 0 Å². The van der Waals surface area contributed by atoms with Crippen LogP contribution >= 0.6 is 23.2 Å². The lowest BCUT2D eigenvalue weighted by Gasteiger charge is -2.33. The fourth-order valence-corrected chi connectivity index (χ4v) is 2.44. The zero-order valence-electron chi connectivity index (χ0n) is 11.3. The number of amides is 1. The predicted molar refractivity (Wildman–Crippen MR) is 78.2 cm³/mol. The average Bonchev–Trinajstić information content (AvgIpc) is 2.47. The van der Waals surface area contributed by atoms with E-state index in [9.17, 15) is 4.79 Å². The number of halogens is 2. The molecule has 1 saturated heterocycles. The van der Waals surface area contributed by atoms with Crippen LogP contribution in [0.15, 0.2) is 18.2 Å². The average molecular weight is 318 g/mol. The molecule has 0 bridgehead atoms. The van der Waals surface area contributed by atoms with Crippen molar-refractivity contribution in [1.82, 2.24) is 4.90 Å². The Hall–Kier alpha value is -0.810. The van der Waals surface area contributed by atoms with Gasteiger partial charge >= 0.3 is 0 Å². The number of methoxy groups -OCH3 is 1. The molecule has 1 aromatic carbocycles. The molecule has 1 unspecified atom stereocenters. The molecule has 110 valence electrons. The summed E-state index contributed by atoms with van der Waals surface area (Å²) in [5, 5.41) is 1.01. The van der Waals surface area contributed by atoms with Crippen LogP contribution in [-0.4, -0.2) is 44.2 Å². The fraction of sp³-hybridized carbons (Fsp3) is 0.500. The van der Waals surface area contributed by atoms with Crippen LogP contribution in [0.2, 0.25) is 10.0 Å². The van der Waals surface area contributed by atoms with Gasteiger partial charge in [0.25, 0.3) is 0 Å². The molecular weight excluding hydrogens is 301 g/mol. The highest BCUT2D eigenvalue weighted by atomic mass is 35.5. The number of rotatable bonds is 4. The van der Waals surface area contributed by atoms with Crippen molar-refractivity contribution in [3.05, 3.63) is 33.8 Å². The molecule has 0 saturated carbocycles. The number of carbonyl (C=O) groups excluding carboxylic acids is 1. The molecule has 1 aliphatic rings. The smallest absolute Gasteiger partial charge is 0.225 e. The summed E-state index contributed by atoms with van der Waals surface area (Å²) in [5.41, 5.74) is 0.934. The summed E-state index contributed by atoms with van der Waals surface area (Å²) < 4.78 is 10.6. The monoisotopic (exact) mass is 317 g/mol. The van der Waals surface area contributed by atoms with Gasteiger partial charge in [-0.3, -0.25) is 4.79 Å². The van der Waals surface area contributed by atoms with Gasteiger partial charge in [0, 0.05) is 13.7 Å². The van der Waals surface area contributed by atoms with Gasteiger partial charge in [0.1, 0.15) is 6.10 Å². The molecule has 20 heavy (non-hydrogen) atoms. The minimum Gasteiger partial charge on any atom is -0.384 e. The summed E-state index contributed by atoms with van der Waals surface area (Å²) in [7, 11) is 1.59. The van der Waals surface area contributed by atoms with Gasteiger partial charge in [-0.2, -0.15) is 0 Å². The van der Waals surface area contributed by atoms with E-state index in [2.05, 4.69) is 0 Å². The maximum Gasteiger partial charge on any atom is 0.225 e. The first-order valence-corrected chi connectivity index (χ1v) is 7.20. The lowest BCUT2D eigenvalue weighted by molar-refractivity contribution is -0.139. The Morgan fingerprint density at radius 3 is 2.95 bits per heavy atom. The Morgan fingerprint density at radius 1 is 1.45 bits per heavy atom. The highest BCUT2D eigenvalue weighted by molar-refractivity contribution is 6.42. The van der Waals surface area contributed by atoms with E-state index in [0.29, 0.717) is 42.8 Å². The van der Waals surface area contributed by atoms with Crippen LogP contribution in [0.1, 0.15) is 18.1 Å². The number of hydrogen-bond donors (Lipinski definition) is 0. The Bertz CT molecular complexity index is 481. The Kier molecular flexibility index (Phi) is 5.66. The van der Waals surface area contributed by atoms with Crippen molar-refractivity contribution in [2.24, 2.45) is 0 Å². The van der Waals surface area contributed by atoms with Crippen LogP contribution in [0.4, 0.5) is 0 Å². The van der Waals surface area contributed by atoms with Gasteiger partial charge in [-0.1, -0.05) is 29.3 Å². The molecule has 2 rings (SSSR count). The molecule has 1 aliphatic heterocycles. The molecule has 0 spiro atoms. The number of carbonyl (C=O) groups is 1. The maximum atomic E-state index is 12.0. The van der Waals surface area contributed by atoms with Crippen LogP contribution in [0.5, 0.6) is 0 Å². The Morgan fingerprint density at radius 2 is 2.25 bits per heavy atom.